The Morgan fingerprint density at radius 2 is 1.82 bits per heavy atom. The molecule has 1 aliphatic heterocycles. The Morgan fingerprint density at radius 3 is 2.46 bits per heavy atom. The maximum atomic E-state index is 13.1. The zero-order chi connectivity index (χ0) is 19.9. The molecule has 0 N–H and O–H groups in total. The highest BCUT2D eigenvalue weighted by atomic mass is 79.9. The van der Waals surface area contributed by atoms with E-state index in [1.54, 1.807) is 17.0 Å². The zero-order valence-corrected chi connectivity index (χ0v) is 18.6. The van der Waals surface area contributed by atoms with Crippen LogP contribution in [0.25, 0.3) is 10.9 Å². The predicted molar refractivity (Wildman–Crippen MR) is 114 cm³/mol. The maximum Gasteiger partial charge on any atom is 0.270 e. The Kier molecular flexibility index (Phi) is 5.34. The molecule has 1 fully saturated rings. The van der Waals surface area contributed by atoms with Gasteiger partial charge in [-0.05, 0) is 47.1 Å². The fraction of sp³-hybridized carbons (Fsp3) is 0.316. The molecule has 1 amide bonds. The number of carbonyl (C=O) groups excluding carboxylic acids is 1. The van der Waals surface area contributed by atoms with Crippen LogP contribution >= 0.6 is 27.3 Å². The smallest absolute Gasteiger partial charge is 0.270 e. The molecule has 3 heterocycles. The van der Waals surface area contributed by atoms with E-state index < -0.39 is 10.0 Å². The van der Waals surface area contributed by atoms with Gasteiger partial charge >= 0.3 is 0 Å². The number of sulfonamides is 1. The Labute approximate surface area is 176 Å². The second-order valence-electron chi connectivity index (χ2n) is 6.59. The first-order chi connectivity index (χ1) is 13.4. The molecule has 0 aliphatic carbocycles. The lowest BCUT2D eigenvalue weighted by molar-refractivity contribution is 0.0688. The summed E-state index contributed by atoms with van der Waals surface area (Å²) in [4.78, 5) is 14.9. The predicted octanol–water partition coefficient (Wildman–Crippen LogP) is 3.63. The molecule has 28 heavy (non-hydrogen) atoms. The first-order valence-electron chi connectivity index (χ1n) is 9.05. The molecule has 4 rings (SSSR count). The van der Waals surface area contributed by atoms with Gasteiger partial charge in [-0.1, -0.05) is 18.2 Å². The number of nitrogens with zero attached hydrogens (tertiary/aromatic N) is 3. The van der Waals surface area contributed by atoms with Crippen LogP contribution in [0.15, 0.2) is 50.5 Å². The van der Waals surface area contributed by atoms with Gasteiger partial charge in [-0.25, -0.2) is 8.42 Å². The van der Waals surface area contributed by atoms with Crippen molar-refractivity contribution in [1.82, 2.24) is 13.8 Å². The van der Waals surface area contributed by atoms with E-state index in [0.29, 0.717) is 42.6 Å². The fourth-order valence-corrected chi connectivity index (χ4v) is 7.17. The van der Waals surface area contributed by atoms with E-state index in [1.165, 1.54) is 15.6 Å². The second kappa shape index (κ2) is 7.62. The third kappa shape index (κ3) is 3.41. The van der Waals surface area contributed by atoms with Gasteiger partial charge in [-0.15, -0.1) is 11.3 Å². The molecule has 0 unspecified atom stereocenters. The molecule has 0 bridgehead atoms. The standard InChI is InChI=1S/C19H20BrN3O3S2/c1-2-23-15-6-4-3-5-14(15)13-16(23)19(24)21-9-11-22(12-10-21)28(25,26)18-8-7-17(20)27-18/h3-8,13H,2,9-12H2,1H3. The lowest BCUT2D eigenvalue weighted by Gasteiger charge is -2.33. The van der Waals surface area contributed by atoms with Crippen LogP contribution in [0.3, 0.4) is 0 Å². The molecule has 0 radical (unpaired) electrons. The van der Waals surface area contributed by atoms with Gasteiger partial charge in [0, 0.05) is 43.6 Å². The Balaban J connectivity index is 1.52. The second-order valence-corrected chi connectivity index (χ2v) is 11.2. The molecule has 1 aliphatic rings. The fourth-order valence-electron chi connectivity index (χ4n) is 3.59. The van der Waals surface area contributed by atoms with Crippen LogP contribution in [0.1, 0.15) is 17.4 Å². The molecular formula is C19H20BrN3O3S2. The van der Waals surface area contributed by atoms with Gasteiger partial charge < -0.3 is 9.47 Å². The van der Waals surface area contributed by atoms with Crippen LogP contribution in [0.5, 0.6) is 0 Å². The number of piperazine rings is 1. The lowest BCUT2D eigenvalue weighted by atomic mass is 10.2. The summed E-state index contributed by atoms with van der Waals surface area (Å²) in [5.74, 6) is -0.0473. The molecule has 0 spiro atoms. The molecule has 2 aromatic heterocycles. The summed E-state index contributed by atoms with van der Waals surface area (Å²) in [6, 6.07) is 13.2. The summed E-state index contributed by atoms with van der Waals surface area (Å²) in [6.07, 6.45) is 0. The van der Waals surface area contributed by atoms with Crippen LogP contribution in [-0.4, -0.2) is 54.3 Å². The molecule has 148 valence electrons. The third-order valence-electron chi connectivity index (χ3n) is 5.01. The van der Waals surface area contributed by atoms with Crippen molar-refractivity contribution >= 4 is 54.1 Å². The van der Waals surface area contributed by atoms with Crippen molar-refractivity contribution in [1.29, 1.82) is 0 Å². The van der Waals surface area contributed by atoms with Gasteiger partial charge in [-0.3, -0.25) is 4.79 Å². The number of thiophene rings is 1. The summed E-state index contributed by atoms with van der Waals surface area (Å²) in [5.41, 5.74) is 1.69. The van der Waals surface area contributed by atoms with E-state index in [4.69, 9.17) is 0 Å². The monoisotopic (exact) mass is 481 g/mol. The van der Waals surface area contributed by atoms with Crippen molar-refractivity contribution in [3.8, 4) is 0 Å². The van der Waals surface area contributed by atoms with E-state index in [2.05, 4.69) is 15.9 Å². The minimum Gasteiger partial charge on any atom is -0.337 e. The van der Waals surface area contributed by atoms with Crippen molar-refractivity contribution in [2.45, 2.75) is 17.7 Å². The van der Waals surface area contributed by atoms with Gasteiger partial charge in [0.25, 0.3) is 15.9 Å². The van der Waals surface area contributed by atoms with E-state index in [1.807, 2.05) is 41.8 Å². The number of aryl methyl sites for hydroxylation is 1. The number of halogens is 1. The summed E-state index contributed by atoms with van der Waals surface area (Å²) < 4.78 is 30.1. The zero-order valence-electron chi connectivity index (χ0n) is 15.3. The average Bonchev–Trinajstić information content (AvgIpc) is 3.31. The van der Waals surface area contributed by atoms with Gasteiger partial charge in [0.2, 0.25) is 0 Å². The molecule has 9 heteroatoms. The summed E-state index contributed by atoms with van der Waals surface area (Å²) in [6.45, 7) is 4.10. The quantitative estimate of drug-likeness (QED) is 0.571. The van der Waals surface area contributed by atoms with E-state index >= 15 is 0 Å². The van der Waals surface area contributed by atoms with Crippen LogP contribution < -0.4 is 0 Å². The molecule has 0 saturated carbocycles. The van der Waals surface area contributed by atoms with Crippen molar-refractivity contribution < 1.29 is 13.2 Å². The van der Waals surface area contributed by atoms with Crippen molar-refractivity contribution in [2.24, 2.45) is 0 Å². The van der Waals surface area contributed by atoms with Gasteiger partial charge in [-0.2, -0.15) is 4.31 Å². The van der Waals surface area contributed by atoms with Gasteiger partial charge in [0.1, 0.15) is 9.90 Å². The van der Waals surface area contributed by atoms with E-state index in [-0.39, 0.29) is 5.91 Å². The van der Waals surface area contributed by atoms with Gasteiger partial charge in [0.15, 0.2) is 0 Å². The van der Waals surface area contributed by atoms with Crippen molar-refractivity contribution in [3.05, 3.63) is 51.9 Å². The minimum absolute atomic E-state index is 0.0473. The number of hydrogen-bond acceptors (Lipinski definition) is 4. The summed E-state index contributed by atoms with van der Waals surface area (Å²) in [7, 11) is -3.51. The normalized spacial score (nSPS) is 16.0. The molecule has 0 atom stereocenters. The minimum atomic E-state index is -3.51. The molecule has 1 saturated heterocycles. The lowest BCUT2D eigenvalue weighted by Crippen LogP contribution is -2.50. The number of carbonyl (C=O) groups is 1. The number of fused-ring (bicyclic) bond motifs is 1. The topological polar surface area (TPSA) is 62.6 Å². The Bertz CT molecular complexity index is 1130. The first kappa shape index (κ1) is 19.6. The highest BCUT2D eigenvalue weighted by Crippen LogP contribution is 2.29. The molecule has 6 nitrogen and oxygen atoms in total. The number of benzene rings is 1. The third-order valence-corrected chi connectivity index (χ3v) is 9.00. The Morgan fingerprint density at radius 1 is 1.11 bits per heavy atom. The highest BCUT2D eigenvalue weighted by molar-refractivity contribution is 9.11. The summed E-state index contributed by atoms with van der Waals surface area (Å²) >= 11 is 4.51. The number of aromatic nitrogens is 1. The summed E-state index contributed by atoms with van der Waals surface area (Å²) in [5, 5.41) is 1.04. The molecule has 3 aromatic rings. The number of rotatable bonds is 4. The number of hydrogen-bond donors (Lipinski definition) is 0. The first-order valence-corrected chi connectivity index (χ1v) is 12.1. The number of amides is 1. The molecule has 1 aromatic carbocycles. The Hall–Kier alpha value is -1.68. The highest BCUT2D eigenvalue weighted by Gasteiger charge is 2.32. The number of para-hydroxylation sites is 1. The largest absolute Gasteiger partial charge is 0.337 e. The van der Waals surface area contributed by atoms with Crippen LogP contribution in [0.2, 0.25) is 0 Å². The SMILES string of the molecule is CCn1c(C(=O)N2CCN(S(=O)(=O)c3ccc(Br)s3)CC2)cc2ccccc21. The molecular weight excluding hydrogens is 462 g/mol. The van der Waals surface area contributed by atoms with Crippen LogP contribution in [0.4, 0.5) is 0 Å². The van der Waals surface area contributed by atoms with Crippen molar-refractivity contribution in [3.63, 3.8) is 0 Å². The van der Waals surface area contributed by atoms with E-state index in [0.717, 1.165) is 14.7 Å². The van der Waals surface area contributed by atoms with Crippen molar-refractivity contribution in [2.75, 3.05) is 26.2 Å². The average molecular weight is 482 g/mol. The van der Waals surface area contributed by atoms with Crippen LogP contribution in [-0.2, 0) is 16.6 Å². The van der Waals surface area contributed by atoms with Gasteiger partial charge in [0.05, 0.1) is 3.79 Å². The van der Waals surface area contributed by atoms with E-state index in [9.17, 15) is 13.2 Å². The van der Waals surface area contributed by atoms with Crippen LogP contribution in [0, 0.1) is 0 Å². The maximum absolute atomic E-state index is 13.1.